The van der Waals surface area contributed by atoms with E-state index in [9.17, 15) is 4.79 Å². The first-order chi connectivity index (χ1) is 5.42. The Morgan fingerprint density at radius 2 is 2.36 bits per heavy atom. The van der Waals surface area contributed by atoms with Gasteiger partial charge in [0.1, 0.15) is 0 Å². The molecule has 1 aromatic rings. The van der Waals surface area contributed by atoms with Gasteiger partial charge in [0, 0.05) is 6.20 Å². The largest absolute Gasteiger partial charge is 0.453 e. The highest BCUT2D eigenvalue weighted by atomic mass is 16.7. The summed E-state index contributed by atoms with van der Waals surface area (Å²) >= 11 is 0. The number of ether oxygens (including phenoxy) is 2. The van der Waals surface area contributed by atoms with Gasteiger partial charge >= 0.3 is 0 Å². The molecular formula is C7H5NO3. The molecule has 0 spiro atoms. The van der Waals surface area contributed by atoms with E-state index in [1.165, 1.54) is 12.4 Å². The average molecular weight is 151 g/mol. The first-order valence-corrected chi connectivity index (χ1v) is 3.10. The van der Waals surface area contributed by atoms with Crippen LogP contribution in [0.15, 0.2) is 12.4 Å². The maximum atomic E-state index is 10.4. The second kappa shape index (κ2) is 2.23. The van der Waals surface area contributed by atoms with Crippen LogP contribution in [0.4, 0.5) is 0 Å². The van der Waals surface area contributed by atoms with Gasteiger partial charge < -0.3 is 9.47 Å². The highest BCUT2D eigenvalue weighted by Gasteiger charge is 2.16. The van der Waals surface area contributed by atoms with E-state index < -0.39 is 0 Å². The number of hydrogen-bond acceptors (Lipinski definition) is 4. The number of aromatic nitrogens is 1. The highest BCUT2D eigenvalue weighted by molar-refractivity contribution is 5.80. The lowest BCUT2D eigenvalue weighted by Crippen LogP contribution is -1.94. The molecule has 56 valence electrons. The molecule has 2 heterocycles. The van der Waals surface area contributed by atoms with Gasteiger partial charge in [0.2, 0.25) is 6.79 Å². The van der Waals surface area contributed by atoms with Crippen molar-refractivity contribution in [2.45, 2.75) is 0 Å². The Morgan fingerprint density at radius 3 is 3.18 bits per heavy atom. The lowest BCUT2D eigenvalue weighted by molar-refractivity contribution is 0.111. The molecule has 4 nitrogen and oxygen atoms in total. The average Bonchev–Trinajstić information content (AvgIpc) is 2.50. The van der Waals surface area contributed by atoms with Crippen molar-refractivity contribution in [2.75, 3.05) is 6.79 Å². The third kappa shape index (κ3) is 0.832. The van der Waals surface area contributed by atoms with Crippen molar-refractivity contribution in [1.29, 1.82) is 0 Å². The zero-order valence-electron chi connectivity index (χ0n) is 5.61. The molecule has 1 aliphatic rings. The molecule has 4 heteroatoms. The van der Waals surface area contributed by atoms with Crippen LogP contribution >= 0.6 is 0 Å². The number of carbonyl (C=O) groups excluding carboxylic acids is 1. The zero-order chi connectivity index (χ0) is 7.68. The van der Waals surface area contributed by atoms with Crippen LogP contribution in [0.3, 0.4) is 0 Å². The van der Waals surface area contributed by atoms with Crippen LogP contribution in [0, 0.1) is 0 Å². The minimum atomic E-state index is 0.169. The highest BCUT2D eigenvalue weighted by Crippen LogP contribution is 2.32. The van der Waals surface area contributed by atoms with Crippen LogP contribution in [0.5, 0.6) is 11.5 Å². The van der Waals surface area contributed by atoms with Crippen molar-refractivity contribution >= 4 is 6.29 Å². The molecule has 1 aromatic heterocycles. The third-order valence-electron chi connectivity index (χ3n) is 1.44. The van der Waals surface area contributed by atoms with Gasteiger partial charge in [-0.1, -0.05) is 0 Å². The second-order valence-corrected chi connectivity index (χ2v) is 2.08. The molecule has 0 unspecified atom stereocenters. The Morgan fingerprint density at radius 1 is 1.45 bits per heavy atom. The quantitative estimate of drug-likeness (QED) is 0.552. The molecule has 0 amide bonds. The molecule has 0 saturated heterocycles. The van der Waals surface area contributed by atoms with Crippen molar-refractivity contribution in [3.63, 3.8) is 0 Å². The summed E-state index contributed by atoms with van der Waals surface area (Å²) in [6.07, 6.45) is 3.66. The summed E-state index contributed by atoms with van der Waals surface area (Å²) in [7, 11) is 0. The summed E-state index contributed by atoms with van der Waals surface area (Å²) in [5.41, 5.74) is 0.431. The van der Waals surface area contributed by atoms with Crippen molar-refractivity contribution in [3.8, 4) is 11.5 Å². The predicted octanol–water partition coefficient (Wildman–Crippen LogP) is 0.623. The maximum Gasteiger partial charge on any atom is 0.231 e. The zero-order valence-corrected chi connectivity index (χ0v) is 5.61. The number of rotatable bonds is 1. The Balaban J connectivity index is 2.58. The van der Waals surface area contributed by atoms with E-state index in [1.54, 1.807) is 0 Å². The molecule has 0 radical (unpaired) electrons. The van der Waals surface area contributed by atoms with Gasteiger partial charge in [-0.3, -0.25) is 9.78 Å². The van der Waals surface area contributed by atoms with E-state index in [-0.39, 0.29) is 6.79 Å². The van der Waals surface area contributed by atoms with Crippen LogP contribution < -0.4 is 9.47 Å². The van der Waals surface area contributed by atoms with Crippen molar-refractivity contribution in [3.05, 3.63) is 18.0 Å². The predicted molar refractivity (Wildman–Crippen MR) is 35.7 cm³/mol. The molecule has 0 aromatic carbocycles. The van der Waals surface area contributed by atoms with Gasteiger partial charge in [0.25, 0.3) is 0 Å². The lowest BCUT2D eigenvalue weighted by atomic mass is 10.3. The molecule has 0 aliphatic carbocycles. The van der Waals surface area contributed by atoms with E-state index in [0.717, 1.165) is 0 Å². The molecule has 0 bridgehead atoms. The molecule has 0 atom stereocenters. The number of pyridine rings is 1. The van der Waals surface area contributed by atoms with Gasteiger partial charge in [0.15, 0.2) is 17.8 Å². The van der Waals surface area contributed by atoms with Gasteiger partial charge in [0.05, 0.1) is 11.8 Å². The van der Waals surface area contributed by atoms with Gasteiger partial charge in [-0.15, -0.1) is 0 Å². The summed E-state index contributed by atoms with van der Waals surface area (Å²) in [6, 6.07) is 0. The molecule has 1 aliphatic heterocycles. The maximum absolute atomic E-state index is 10.4. The summed E-state index contributed by atoms with van der Waals surface area (Å²) in [4.78, 5) is 14.2. The van der Waals surface area contributed by atoms with Crippen LogP contribution in [0.25, 0.3) is 0 Å². The van der Waals surface area contributed by atoms with Crippen molar-refractivity contribution in [2.24, 2.45) is 0 Å². The minimum Gasteiger partial charge on any atom is -0.453 e. The van der Waals surface area contributed by atoms with Crippen LogP contribution in [-0.2, 0) is 0 Å². The smallest absolute Gasteiger partial charge is 0.231 e. The molecule has 11 heavy (non-hydrogen) atoms. The first kappa shape index (κ1) is 6.15. The summed E-state index contributed by atoms with van der Waals surface area (Å²) < 4.78 is 10.0. The number of hydrogen-bond donors (Lipinski definition) is 0. The van der Waals surface area contributed by atoms with Crippen molar-refractivity contribution in [1.82, 2.24) is 4.98 Å². The number of carbonyl (C=O) groups is 1. The van der Waals surface area contributed by atoms with Gasteiger partial charge in [-0.05, 0) is 0 Å². The van der Waals surface area contributed by atoms with Gasteiger partial charge in [-0.25, -0.2) is 0 Å². The fraction of sp³-hybridized carbons (Fsp3) is 0.143. The second-order valence-electron chi connectivity index (χ2n) is 2.08. The van der Waals surface area contributed by atoms with Crippen LogP contribution in [-0.4, -0.2) is 18.1 Å². The fourth-order valence-electron chi connectivity index (χ4n) is 0.938. The Kier molecular flexibility index (Phi) is 1.25. The van der Waals surface area contributed by atoms with E-state index in [4.69, 9.17) is 9.47 Å². The lowest BCUT2D eigenvalue weighted by Gasteiger charge is -1.95. The fourth-order valence-corrected chi connectivity index (χ4v) is 0.938. The summed E-state index contributed by atoms with van der Waals surface area (Å²) in [6.45, 7) is 0.169. The van der Waals surface area contributed by atoms with E-state index >= 15 is 0 Å². The molecular weight excluding hydrogens is 146 g/mol. The number of nitrogens with zero attached hydrogens (tertiary/aromatic N) is 1. The minimum absolute atomic E-state index is 0.169. The van der Waals surface area contributed by atoms with E-state index in [0.29, 0.717) is 23.3 Å². The topological polar surface area (TPSA) is 48.4 Å². The van der Waals surface area contributed by atoms with Crippen molar-refractivity contribution < 1.29 is 14.3 Å². The normalized spacial score (nSPS) is 13.1. The monoisotopic (exact) mass is 151 g/mol. The summed E-state index contributed by atoms with van der Waals surface area (Å²) in [5, 5.41) is 0. The molecule has 0 saturated carbocycles. The number of fused-ring (bicyclic) bond motifs is 1. The molecule has 2 rings (SSSR count). The standard InChI is InChI=1S/C7H5NO3/c9-3-5-1-8-2-6-7(5)11-4-10-6/h1-3H,4H2. The Bertz CT molecular complexity index is 298. The van der Waals surface area contributed by atoms with Gasteiger partial charge in [-0.2, -0.15) is 0 Å². The molecule has 0 fully saturated rings. The first-order valence-electron chi connectivity index (χ1n) is 3.10. The Hall–Kier alpha value is -1.58. The van der Waals surface area contributed by atoms with Crippen LogP contribution in [0.2, 0.25) is 0 Å². The number of aldehydes is 1. The molecule has 0 N–H and O–H groups in total. The Labute approximate surface area is 62.8 Å². The summed E-state index contributed by atoms with van der Waals surface area (Å²) in [5.74, 6) is 1.03. The third-order valence-corrected chi connectivity index (χ3v) is 1.44. The van der Waals surface area contributed by atoms with E-state index in [1.807, 2.05) is 0 Å². The van der Waals surface area contributed by atoms with Crippen LogP contribution in [0.1, 0.15) is 10.4 Å². The SMILES string of the molecule is O=Cc1cncc2c1OCO2. The van der Waals surface area contributed by atoms with E-state index in [2.05, 4.69) is 4.98 Å².